The number of unbranched alkanes of at least 4 members (excludes halogenated alkanes) is 34. The number of nitrogens with zero attached hydrogens (tertiary/aromatic N) is 1. The van der Waals surface area contributed by atoms with Crippen molar-refractivity contribution >= 4 is 13.7 Å². The smallest absolute Gasteiger partial charge is 0.268 e. The summed E-state index contributed by atoms with van der Waals surface area (Å²) in [5, 5.41) is 13.8. The van der Waals surface area contributed by atoms with E-state index in [2.05, 4.69) is 19.2 Å². The number of carbonyl (C=O) groups excluding carboxylic acids is 1. The lowest BCUT2D eigenvalue weighted by Crippen LogP contribution is -2.45. The number of likely N-dealkylation sites (N-methyl/N-ethyl adjacent to an activating group) is 1. The Morgan fingerprint density at radius 1 is 0.576 bits per heavy atom. The summed E-state index contributed by atoms with van der Waals surface area (Å²) < 4.78 is 23.2. The first kappa shape index (κ1) is 58.2. The Bertz CT molecular complexity index is 974. The first-order valence-electron chi connectivity index (χ1n) is 25.6. The van der Waals surface area contributed by atoms with Gasteiger partial charge in [0, 0.05) is 6.42 Å². The second-order valence-electron chi connectivity index (χ2n) is 18.9. The van der Waals surface area contributed by atoms with Crippen LogP contribution < -0.4 is 10.2 Å². The number of rotatable bonds is 47. The summed E-state index contributed by atoms with van der Waals surface area (Å²) in [6, 6.07) is -0.879. The van der Waals surface area contributed by atoms with Gasteiger partial charge >= 0.3 is 0 Å². The molecule has 0 saturated carbocycles. The van der Waals surface area contributed by atoms with Crippen LogP contribution in [0, 0.1) is 0 Å². The van der Waals surface area contributed by atoms with Gasteiger partial charge in [0.2, 0.25) is 5.91 Å². The molecular weight excluding hydrogens is 756 g/mol. The number of phosphoric ester groups is 1. The number of allylic oxidation sites excluding steroid dienone is 1. The van der Waals surface area contributed by atoms with Crippen LogP contribution in [0.3, 0.4) is 0 Å². The zero-order valence-corrected chi connectivity index (χ0v) is 40.9. The zero-order chi connectivity index (χ0) is 43.6. The van der Waals surface area contributed by atoms with Crippen molar-refractivity contribution in [1.82, 2.24) is 5.32 Å². The molecule has 0 bridgehead atoms. The summed E-state index contributed by atoms with van der Waals surface area (Å²) in [7, 11) is 1.27. The molecule has 0 spiro atoms. The van der Waals surface area contributed by atoms with Crippen molar-refractivity contribution in [2.24, 2.45) is 0 Å². The molecule has 3 unspecified atom stereocenters. The van der Waals surface area contributed by atoms with E-state index in [4.69, 9.17) is 9.05 Å². The Kier molecular flexibility index (Phi) is 42.0. The van der Waals surface area contributed by atoms with E-state index in [9.17, 15) is 19.4 Å². The number of aliphatic hydroxyl groups excluding tert-OH is 1. The predicted molar refractivity (Wildman–Crippen MR) is 252 cm³/mol. The summed E-state index contributed by atoms with van der Waals surface area (Å²) in [5.41, 5.74) is 0. The van der Waals surface area contributed by atoms with Crippen LogP contribution in [0.5, 0.6) is 0 Å². The molecular formula is C50H101N2O6P. The van der Waals surface area contributed by atoms with E-state index in [1.54, 1.807) is 6.08 Å². The highest BCUT2D eigenvalue weighted by Gasteiger charge is 2.23. The molecule has 0 aliphatic rings. The second-order valence-corrected chi connectivity index (χ2v) is 20.3. The minimum absolute atomic E-state index is 0.00198. The van der Waals surface area contributed by atoms with Gasteiger partial charge in [0.1, 0.15) is 13.2 Å². The zero-order valence-electron chi connectivity index (χ0n) is 40.0. The van der Waals surface area contributed by atoms with E-state index in [-0.39, 0.29) is 19.1 Å². The van der Waals surface area contributed by atoms with Gasteiger partial charge in [-0.2, -0.15) is 0 Å². The van der Waals surface area contributed by atoms with Crippen LogP contribution in [0.2, 0.25) is 0 Å². The first-order valence-corrected chi connectivity index (χ1v) is 27.0. The van der Waals surface area contributed by atoms with Gasteiger partial charge in [0.05, 0.1) is 39.9 Å². The molecule has 3 atom stereocenters. The molecule has 59 heavy (non-hydrogen) atoms. The fraction of sp³-hybridized carbons (Fsp3) is 0.940. The van der Waals surface area contributed by atoms with Crippen molar-refractivity contribution in [3.63, 3.8) is 0 Å². The van der Waals surface area contributed by atoms with E-state index in [0.29, 0.717) is 17.4 Å². The van der Waals surface area contributed by atoms with E-state index in [0.717, 1.165) is 38.5 Å². The maximum absolute atomic E-state index is 12.8. The summed E-state index contributed by atoms with van der Waals surface area (Å²) in [6.45, 7) is 4.65. The molecule has 352 valence electrons. The van der Waals surface area contributed by atoms with Crippen LogP contribution in [-0.2, 0) is 18.4 Å². The van der Waals surface area contributed by atoms with Crippen LogP contribution in [0.15, 0.2) is 12.2 Å². The molecule has 0 heterocycles. The van der Waals surface area contributed by atoms with Gasteiger partial charge in [-0.05, 0) is 19.3 Å². The number of phosphoric acid groups is 1. The van der Waals surface area contributed by atoms with E-state index in [1.807, 2.05) is 27.2 Å². The Morgan fingerprint density at radius 2 is 0.915 bits per heavy atom. The van der Waals surface area contributed by atoms with E-state index >= 15 is 0 Å². The molecule has 0 saturated heterocycles. The first-order chi connectivity index (χ1) is 28.5. The monoisotopic (exact) mass is 857 g/mol. The van der Waals surface area contributed by atoms with Gasteiger partial charge < -0.3 is 28.8 Å². The average Bonchev–Trinajstić information content (AvgIpc) is 3.19. The fourth-order valence-electron chi connectivity index (χ4n) is 7.68. The van der Waals surface area contributed by atoms with Crippen LogP contribution in [0.4, 0.5) is 0 Å². The number of hydrogen-bond donors (Lipinski definition) is 2. The molecule has 2 N–H and O–H groups in total. The highest BCUT2D eigenvalue weighted by atomic mass is 31.2. The minimum atomic E-state index is -4.58. The van der Waals surface area contributed by atoms with Crippen LogP contribution >= 0.6 is 7.82 Å². The number of nitrogens with one attached hydrogen (secondary N) is 1. The molecule has 0 radical (unpaired) electrons. The number of aliphatic hydroxyl groups is 1. The molecule has 0 aromatic carbocycles. The number of carbonyl (C=O) groups is 1. The highest BCUT2D eigenvalue weighted by molar-refractivity contribution is 7.45. The van der Waals surface area contributed by atoms with Gasteiger partial charge in [-0.3, -0.25) is 9.36 Å². The average molecular weight is 857 g/mol. The van der Waals surface area contributed by atoms with E-state index in [1.165, 1.54) is 193 Å². The van der Waals surface area contributed by atoms with Crippen molar-refractivity contribution in [2.45, 2.75) is 264 Å². The second kappa shape index (κ2) is 42.5. The number of quaternary nitrogens is 1. The molecule has 9 heteroatoms. The number of amides is 1. The Hall–Kier alpha value is -0.760. The maximum atomic E-state index is 12.8. The van der Waals surface area contributed by atoms with Gasteiger partial charge in [0.25, 0.3) is 7.82 Å². The summed E-state index contributed by atoms with van der Waals surface area (Å²) in [6.07, 6.45) is 50.1. The molecule has 1 amide bonds. The summed E-state index contributed by atoms with van der Waals surface area (Å²) in [5.74, 6) is -0.198. The Balaban J connectivity index is 4.06. The Morgan fingerprint density at radius 3 is 1.27 bits per heavy atom. The molecule has 0 fully saturated rings. The largest absolute Gasteiger partial charge is 0.756 e. The third kappa shape index (κ3) is 45.1. The van der Waals surface area contributed by atoms with Crippen molar-refractivity contribution in [3.8, 4) is 0 Å². The lowest BCUT2D eigenvalue weighted by molar-refractivity contribution is -0.870. The highest BCUT2D eigenvalue weighted by Crippen LogP contribution is 2.38. The SMILES string of the molecule is CCCCCCCCCCCCCCCCCCCCCCCCCCCC/C=C/C(O)C(COP(=O)([O-])OCC[N+](C)(C)C)NC(=O)CCCCCCCCCCC. The van der Waals surface area contributed by atoms with Gasteiger partial charge in [-0.25, -0.2) is 0 Å². The minimum Gasteiger partial charge on any atom is -0.756 e. The lowest BCUT2D eigenvalue weighted by Gasteiger charge is -2.29. The van der Waals surface area contributed by atoms with Crippen molar-refractivity contribution in [1.29, 1.82) is 0 Å². The van der Waals surface area contributed by atoms with Gasteiger partial charge in [-0.15, -0.1) is 0 Å². The molecule has 0 aromatic heterocycles. The number of hydrogen-bond acceptors (Lipinski definition) is 6. The van der Waals surface area contributed by atoms with Gasteiger partial charge in [0.15, 0.2) is 0 Å². The molecule has 0 aliphatic carbocycles. The quantitative estimate of drug-likeness (QED) is 0.0273. The molecule has 0 aromatic rings. The van der Waals surface area contributed by atoms with Gasteiger partial charge in [-0.1, -0.05) is 238 Å². The molecule has 8 nitrogen and oxygen atoms in total. The molecule has 0 aliphatic heterocycles. The maximum Gasteiger partial charge on any atom is 0.268 e. The van der Waals surface area contributed by atoms with Crippen LogP contribution in [0.1, 0.15) is 251 Å². The van der Waals surface area contributed by atoms with Crippen molar-refractivity contribution in [2.75, 3.05) is 40.9 Å². The predicted octanol–water partition coefficient (Wildman–Crippen LogP) is 14.1. The van der Waals surface area contributed by atoms with Crippen LogP contribution in [-0.4, -0.2) is 68.5 Å². The van der Waals surface area contributed by atoms with Crippen molar-refractivity contribution < 1.29 is 32.9 Å². The van der Waals surface area contributed by atoms with Crippen molar-refractivity contribution in [3.05, 3.63) is 12.2 Å². The normalized spacial score (nSPS) is 14.2. The lowest BCUT2D eigenvalue weighted by atomic mass is 10.0. The summed E-state index contributed by atoms with van der Waals surface area (Å²) >= 11 is 0. The Labute approximate surface area is 367 Å². The van der Waals surface area contributed by atoms with E-state index < -0.39 is 20.0 Å². The fourth-order valence-corrected chi connectivity index (χ4v) is 8.41. The van der Waals surface area contributed by atoms with Crippen LogP contribution in [0.25, 0.3) is 0 Å². The standard InChI is InChI=1S/C50H101N2O6P/c1-6-8-10-12-14-16-17-18-19-20-21-22-23-24-25-26-27-28-29-30-31-32-33-34-36-37-39-41-43-49(53)48(47-58-59(55,56)57-46-45-52(3,4)5)51-50(54)44-42-40-38-35-15-13-11-9-7-2/h41,43,48-49,53H,6-40,42,44-47H2,1-5H3,(H-,51,54,55,56)/b43-41+. The third-order valence-electron chi connectivity index (χ3n) is 11.7. The topological polar surface area (TPSA) is 108 Å². The third-order valence-corrected chi connectivity index (χ3v) is 12.7. The molecule has 0 rings (SSSR count). The summed E-state index contributed by atoms with van der Waals surface area (Å²) in [4.78, 5) is 25.2.